The van der Waals surface area contributed by atoms with Crippen molar-refractivity contribution < 1.29 is 17.9 Å². The Morgan fingerprint density at radius 3 is 2.12 bits per heavy atom. The lowest BCUT2D eigenvalue weighted by molar-refractivity contribution is -0.120. The highest BCUT2D eigenvalue weighted by Crippen LogP contribution is 2.32. The van der Waals surface area contributed by atoms with Gasteiger partial charge in [0.15, 0.2) is 0 Å². The maximum absolute atomic E-state index is 13.5. The summed E-state index contributed by atoms with van der Waals surface area (Å²) in [6.07, 6.45) is 0.677. The SMILES string of the molecule is CCOc1ccccc1N(CC(=O)N[C@H](CC)c1ccccc1)S(=O)(=O)c1ccccc1. The Balaban J connectivity index is 1.95. The smallest absolute Gasteiger partial charge is 0.264 e. The third-order valence-corrected chi connectivity index (χ3v) is 6.77. The minimum absolute atomic E-state index is 0.106. The molecule has 0 aromatic heterocycles. The standard InChI is InChI=1S/C25H28N2O4S/c1-3-22(20-13-7-5-8-14-20)26-25(28)19-27(23-17-11-12-18-24(23)31-4-2)32(29,30)21-15-9-6-10-16-21/h5-18,22H,3-4,19H2,1-2H3,(H,26,28)/t22-/m1/s1. The van der Waals surface area contributed by atoms with E-state index in [1.807, 2.05) is 44.2 Å². The molecule has 1 amide bonds. The molecule has 0 saturated heterocycles. The molecule has 0 aliphatic carbocycles. The second-order valence-corrected chi connectivity index (χ2v) is 9.03. The number of carbonyl (C=O) groups excluding carboxylic acids is 1. The molecule has 0 fully saturated rings. The summed E-state index contributed by atoms with van der Waals surface area (Å²) in [6, 6.07) is 24.3. The van der Waals surface area contributed by atoms with Crippen molar-refractivity contribution in [2.75, 3.05) is 17.5 Å². The van der Waals surface area contributed by atoms with Crippen molar-refractivity contribution in [3.05, 3.63) is 90.5 Å². The first-order chi connectivity index (χ1) is 15.5. The summed E-state index contributed by atoms with van der Waals surface area (Å²) in [5.41, 5.74) is 1.29. The summed E-state index contributed by atoms with van der Waals surface area (Å²) in [5.74, 6) is 0.00363. The van der Waals surface area contributed by atoms with E-state index in [9.17, 15) is 13.2 Å². The number of sulfonamides is 1. The van der Waals surface area contributed by atoms with Gasteiger partial charge in [0.25, 0.3) is 10.0 Å². The highest BCUT2D eigenvalue weighted by atomic mass is 32.2. The van der Waals surface area contributed by atoms with Gasteiger partial charge in [-0.2, -0.15) is 0 Å². The lowest BCUT2D eigenvalue weighted by Crippen LogP contribution is -2.42. The van der Waals surface area contributed by atoms with Crippen LogP contribution in [-0.4, -0.2) is 27.5 Å². The molecule has 1 atom stereocenters. The molecule has 0 saturated carbocycles. The Morgan fingerprint density at radius 2 is 1.50 bits per heavy atom. The topological polar surface area (TPSA) is 75.7 Å². The zero-order chi connectivity index (χ0) is 23.0. The van der Waals surface area contributed by atoms with E-state index in [0.717, 1.165) is 9.87 Å². The molecular weight excluding hydrogens is 424 g/mol. The van der Waals surface area contributed by atoms with Gasteiger partial charge in [-0.25, -0.2) is 8.42 Å². The highest BCUT2D eigenvalue weighted by molar-refractivity contribution is 7.92. The van der Waals surface area contributed by atoms with E-state index in [0.29, 0.717) is 24.5 Å². The van der Waals surface area contributed by atoms with Gasteiger partial charge < -0.3 is 10.1 Å². The fraction of sp³-hybridized carbons (Fsp3) is 0.240. The van der Waals surface area contributed by atoms with Crippen molar-refractivity contribution >= 4 is 21.6 Å². The first kappa shape index (κ1) is 23.3. The van der Waals surface area contributed by atoms with Crippen molar-refractivity contribution in [2.24, 2.45) is 0 Å². The van der Waals surface area contributed by atoms with Crippen LogP contribution in [-0.2, 0) is 14.8 Å². The maximum Gasteiger partial charge on any atom is 0.264 e. The number of nitrogens with zero attached hydrogens (tertiary/aromatic N) is 1. The molecule has 1 N–H and O–H groups in total. The van der Waals surface area contributed by atoms with Gasteiger partial charge in [-0.15, -0.1) is 0 Å². The summed E-state index contributed by atoms with van der Waals surface area (Å²) in [6.45, 7) is 3.80. The molecular formula is C25H28N2O4S. The molecule has 0 unspecified atom stereocenters. The molecule has 7 heteroatoms. The summed E-state index contributed by atoms with van der Waals surface area (Å²) in [4.78, 5) is 13.2. The molecule has 3 aromatic rings. The molecule has 0 spiro atoms. The van der Waals surface area contributed by atoms with Crippen molar-refractivity contribution in [3.8, 4) is 5.75 Å². The molecule has 0 aliphatic rings. The Morgan fingerprint density at radius 1 is 0.906 bits per heavy atom. The summed E-state index contributed by atoms with van der Waals surface area (Å²) >= 11 is 0. The van der Waals surface area contributed by atoms with Crippen LogP contribution in [0.2, 0.25) is 0 Å². The molecule has 0 aliphatic heterocycles. The summed E-state index contributed by atoms with van der Waals surface area (Å²) < 4.78 is 33.9. The van der Waals surface area contributed by atoms with Crippen LogP contribution < -0.4 is 14.4 Å². The van der Waals surface area contributed by atoms with E-state index in [2.05, 4.69) is 5.32 Å². The number of anilines is 1. The third kappa shape index (κ3) is 5.48. The number of carbonyl (C=O) groups is 1. The van der Waals surface area contributed by atoms with Crippen LogP contribution in [0.25, 0.3) is 0 Å². The Hall–Kier alpha value is -3.32. The van der Waals surface area contributed by atoms with Gasteiger partial charge in [-0.3, -0.25) is 9.10 Å². The normalized spacial score (nSPS) is 12.1. The molecule has 0 bridgehead atoms. The minimum Gasteiger partial charge on any atom is -0.492 e. The fourth-order valence-corrected chi connectivity index (χ4v) is 4.89. The molecule has 3 rings (SSSR count). The number of hydrogen-bond donors (Lipinski definition) is 1. The summed E-state index contributed by atoms with van der Waals surface area (Å²) in [5, 5.41) is 2.97. The van der Waals surface area contributed by atoms with Gasteiger partial charge in [-0.05, 0) is 43.2 Å². The number of amides is 1. The monoisotopic (exact) mass is 452 g/mol. The predicted molar refractivity (Wildman–Crippen MR) is 126 cm³/mol. The van der Waals surface area contributed by atoms with Gasteiger partial charge in [0.05, 0.1) is 23.2 Å². The van der Waals surface area contributed by atoms with Crippen molar-refractivity contribution in [1.82, 2.24) is 5.32 Å². The Kier molecular flexibility index (Phi) is 7.89. The van der Waals surface area contributed by atoms with Crippen LogP contribution in [0, 0.1) is 0 Å². The van der Waals surface area contributed by atoms with Gasteiger partial charge >= 0.3 is 0 Å². The van der Waals surface area contributed by atoms with E-state index >= 15 is 0 Å². The van der Waals surface area contributed by atoms with Gasteiger partial charge in [0, 0.05) is 0 Å². The maximum atomic E-state index is 13.5. The van der Waals surface area contributed by atoms with Crippen molar-refractivity contribution in [2.45, 2.75) is 31.2 Å². The van der Waals surface area contributed by atoms with Crippen LogP contribution >= 0.6 is 0 Å². The largest absolute Gasteiger partial charge is 0.492 e. The van der Waals surface area contributed by atoms with E-state index in [1.54, 1.807) is 42.5 Å². The molecule has 0 heterocycles. The Bertz CT molecular complexity index is 1120. The van der Waals surface area contributed by atoms with E-state index in [-0.39, 0.29) is 17.5 Å². The van der Waals surface area contributed by atoms with E-state index < -0.39 is 15.9 Å². The second kappa shape index (κ2) is 10.8. The molecule has 0 radical (unpaired) electrons. The van der Waals surface area contributed by atoms with Crippen LogP contribution in [0.4, 0.5) is 5.69 Å². The third-order valence-electron chi connectivity index (χ3n) is 5.00. The number of rotatable bonds is 10. The van der Waals surface area contributed by atoms with Crippen LogP contribution in [0.15, 0.2) is 89.8 Å². The lowest BCUT2D eigenvalue weighted by Gasteiger charge is -2.27. The minimum atomic E-state index is -4.00. The first-order valence-electron chi connectivity index (χ1n) is 10.6. The summed E-state index contributed by atoms with van der Waals surface area (Å²) in [7, 11) is -4.00. The molecule has 32 heavy (non-hydrogen) atoms. The number of ether oxygens (including phenoxy) is 1. The zero-order valence-electron chi connectivity index (χ0n) is 18.3. The van der Waals surface area contributed by atoms with Gasteiger partial charge in [0.2, 0.25) is 5.91 Å². The van der Waals surface area contributed by atoms with E-state index in [4.69, 9.17) is 4.74 Å². The average molecular weight is 453 g/mol. The fourth-order valence-electron chi connectivity index (χ4n) is 3.44. The lowest BCUT2D eigenvalue weighted by atomic mass is 10.0. The Labute approximate surface area is 189 Å². The zero-order valence-corrected chi connectivity index (χ0v) is 19.1. The van der Waals surface area contributed by atoms with E-state index in [1.165, 1.54) is 12.1 Å². The van der Waals surface area contributed by atoms with Crippen LogP contribution in [0.1, 0.15) is 31.9 Å². The number of benzene rings is 3. The molecule has 3 aromatic carbocycles. The number of nitrogens with one attached hydrogen (secondary N) is 1. The van der Waals surface area contributed by atoms with Crippen LogP contribution in [0.5, 0.6) is 5.75 Å². The van der Waals surface area contributed by atoms with Crippen molar-refractivity contribution in [3.63, 3.8) is 0 Å². The number of hydrogen-bond acceptors (Lipinski definition) is 4. The molecule has 168 valence electrons. The van der Waals surface area contributed by atoms with Gasteiger partial charge in [-0.1, -0.05) is 67.6 Å². The average Bonchev–Trinajstić information content (AvgIpc) is 2.83. The second-order valence-electron chi connectivity index (χ2n) is 7.16. The number of para-hydroxylation sites is 2. The van der Waals surface area contributed by atoms with Crippen LogP contribution in [0.3, 0.4) is 0 Å². The van der Waals surface area contributed by atoms with Gasteiger partial charge in [0.1, 0.15) is 12.3 Å². The predicted octanol–water partition coefficient (Wildman–Crippen LogP) is 4.55. The first-order valence-corrected chi connectivity index (χ1v) is 12.0. The quantitative estimate of drug-likeness (QED) is 0.490. The van der Waals surface area contributed by atoms with Crippen molar-refractivity contribution in [1.29, 1.82) is 0 Å². The molecule has 6 nitrogen and oxygen atoms in total. The highest BCUT2D eigenvalue weighted by Gasteiger charge is 2.29.